The van der Waals surface area contributed by atoms with Crippen molar-refractivity contribution in [1.29, 1.82) is 0 Å². The molecule has 1 aliphatic rings. The minimum atomic E-state index is 0. The van der Waals surface area contributed by atoms with Crippen molar-refractivity contribution in [3.05, 3.63) is 41.9 Å². The maximum atomic E-state index is 5.59. The second kappa shape index (κ2) is 12.0. The van der Waals surface area contributed by atoms with Crippen molar-refractivity contribution in [2.24, 2.45) is 4.99 Å². The van der Waals surface area contributed by atoms with Crippen LogP contribution in [0.25, 0.3) is 0 Å². The molecular formula is C20H31IN6O2. The summed E-state index contributed by atoms with van der Waals surface area (Å²) < 4.78 is 10.5. The standard InChI is InChI=1S/C20H30N6O2.HI/c1-4-21-20(23-14-17-5-6-19(22-13-17)28-16(2)3)26-10-8-25(9-11-26)15-18-7-12-27-24-18;/h5-7,12-13,16H,4,8-11,14-15H2,1-3H3,(H,21,23);1H. The predicted molar refractivity (Wildman–Crippen MR) is 124 cm³/mol. The fourth-order valence-corrected chi connectivity index (χ4v) is 3.07. The molecule has 160 valence electrons. The molecule has 0 bridgehead atoms. The molecule has 0 spiro atoms. The highest BCUT2D eigenvalue weighted by atomic mass is 127. The third-order valence-corrected chi connectivity index (χ3v) is 4.45. The number of nitrogens with one attached hydrogen (secondary N) is 1. The van der Waals surface area contributed by atoms with E-state index >= 15 is 0 Å². The van der Waals surface area contributed by atoms with Crippen LogP contribution in [0.1, 0.15) is 32.0 Å². The van der Waals surface area contributed by atoms with E-state index in [9.17, 15) is 0 Å². The minimum absolute atomic E-state index is 0. The Morgan fingerprint density at radius 1 is 1.24 bits per heavy atom. The number of pyridine rings is 1. The molecular weight excluding hydrogens is 483 g/mol. The molecule has 2 aromatic heterocycles. The molecule has 0 unspecified atom stereocenters. The molecule has 2 aromatic rings. The molecule has 0 aliphatic carbocycles. The lowest BCUT2D eigenvalue weighted by Gasteiger charge is -2.36. The number of aromatic nitrogens is 2. The fraction of sp³-hybridized carbons (Fsp3) is 0.550. The Bertz CT molecular complexity index is 728. The van der Waals surface area contributed by atoms with Gasteiger partial charge in [-0.1, -0.05) is 11.2 Å². The maximum Gasteiger partial charge on any atom is 0.213 e. The number of hydrogen-bond acceptors (Lipinski definition) is 6. The third-order valence-electron chi connectivity index (χ3n) is 4.45. The highest BCUT2D eigenvalue weighted by Crippen LogP contribution is 2.11. The molecule has 29 heavy (non-hydrogen) atoms. The van der Waals surface area contributed by atoms with E-state index < -0.39 is 0 Å². The normalized spacial score (nSPS) is 15.3. The van der Waals surface area contributed by atoms with Crippen LogP contribution in [0.2, 0.25) is 0 Å². The van der Waals surface area contributed by atoms with Crippen LogP contribution in [0.15, 0.2) is 40.2 Å². The summed E-state index contributed by atoms with van der Waals surface area (Å²) in [5.41, 5.74) is 2.04. The SMILES string of the molecule is CCNC(=NCc1ccc(OC(C)C)nc1)N1CCN(Cc2ccon2)CC1.I. The van der Waals surface area contributed by atoms with Gasteiger partial charge in [-0.25, -0.2) is 9.98 Å². The summed E-state index contributed by atoms with van der Waals surface area (Å²) in [4.78, 5) is 13.9. The van der Waals surface area contributed by atoms with Crippen LogP contribution in [0.4, 0.5) is 0 Å². The van der Waals surface area contributed by atoms with Crippen LogP contribution < -0.4 is 10.1 Å². The number of hydrogen-bond donors (Lipinski definition) is 1. The highest BCUT2D eigenvalue weighted by Gasteiger charge is 2.20. The lowest BCUT2D eigenvalue weighted by Crippen LogP contribution is -2.52. The molecule has 8 nitrogen and oxygen atoms in total. The van der Waals surface area contributed by atoms with Gasteiger partial charge in [-0.2, -0.15) is 0 Å². The number of guanidine groups is 1. The van der Waals surface area contributed by atoms with E-state index in [-0.39, 0.29) is 30.1 Å². The first kappa shape index (κ1) is 23.4. The summed E-state index contributed by atoms with van der Waals surface area (Å²) >= 11 is 0. The van der Waals surface area contributed by atoms with Crippen LogP contribution in [0.5, 0.6) is 5.88 Å². The number of halogens is 1. The van der Waals surface area contributed by atoms with Crippen LogP contribution in [-0.4, -0.2) is 64.7 Å². The van der Waals surface area contributed by atoms with Gasteiger partial charge in [0, 0.05) is 57.6 Å². The monoisotopic (exact) mass is 514 g/mol. The molecule has 3 rings (SSSR count). The summed E-state index contributed by atoms with van der Waals surface area (Å²) in [5.74, 6) is 1.60. The van der Waals surface area contributed by atoms with Gasteiger partial charge in [-0.3, -0.25) is 4.90 Å². The van der Waals surface area contributed by atoms with Crippen LogP contribution in [0, 0.1) is 0 Å². The molecule has 0 aromatic carbocycles. The van der Waals surface area contributed by atoms with Crippen molar-refractivity contribution in [3.8, 4) is 5.88 Å². The summed E-state index contributed by atoms with van der Waals surface area (Å²) in [6, 6.07) is 5.84. The van der Waals surface area contributed by atoms with Crippen molar-refractivity contribution >= 4 is 29.9 Å². The van der Waals surface area contributed by atoms with Gasteiger partial charge in [-0.15, -0.1) is 24.0 Å². The number of ether oxygens (including phenoxy) is 1. The summed E-state index contributed by atoms with van der Waals surface area (Å²) in [6.45, 7) is 12.2. The van der Waals surface area contributed by atoms with E-state index in [0.29, 0.717) is 12.4 Å². The van der Waals surface area contributed by atoms with Crippen molar-refractivity contribution < 1.29 is 9.26 Å². The summed E-state index contributed by atoms with van der Waals surface area (Å²) in [5, 5.41) is 7.40. The fourth-order valence-electron chi connectivity index (χ4n) is 3.07. The van der Waals surface area contributed by atoms with E-state index in [4.69, 9.17) is 14.3 Å². The van der Waals surface area contributed by atoms with Gasteiger partial charge >= 0.3 is 0 Å². The Labute approximate surface area is 189 Å². The maximum absolute atomic E-state index is 5.59. The lowest BCUT2D eigenvalue weighted by atomic mass is 10.3. The summed E-state index contributed by atoms with van der Waals surface area (Å²) in [7, 11) is 0. The largest absolute Gasteiger partial charge is 0.475 e. The van der Waals surface area contributed by atoms with Gasteiger partial charge in [0.15, 0.2) is 5.96 Å². The van der Waals surface area contributed by atoms with E-state index in [1.54, 1.807) is 6.26 Å². The van der Waals surface area contributed by atoms with Crippen LogP contribution in [-0.2, 0) is 13.1 Å². The smallest absolute Gasteiger partial charge is 0.213 e. The topological polar surface area (TPSA) is 79.0 Å². The Morgan fingerprint density at radius 3 is 2.62 bits per heavy atom. The Morgan fingerprint density at radius 2 is 2.03 bits per heavy atom. The Hall–Kier alpha value is -1.88. The quantitative estimate of drug-likeness (QED) is 0.346. The Balaban J connectivity index is 0.00000300. The molecule has 1 N–H and O–H groups in total. The van der Waals surface area contributed by atoms with Gasteiger partial charge in [-0.05, 0) is 26.3 Å². The zero-order chi connectivity index (χ0) is 19.8. The van der Waals surface area contributed by atoms with Gasteiger partial charge in [0.05, 0.1) is 18.3 Å². The van der Waals surface area contributed by atoms with Crippen molar-refractivity contribution in [2.45, 2.75) is 40.0 Å². The molecule has 1 aliphatic heterocycles. The second-order valence-corrected chi connectivity index (χ2v) is 7.10. The number of aliphatic imine (C=N–C) groups is 1. The average Bonchev–Trinajstić information content (AvgIpc) is 3.20. The minimum Gasteiger partial charge on any atom is -0.475 e. The second-order valence-electron chi connectivity index (χ2n) is 7.10. The molecule has 1 fully saturated rings. The molecule has 3 heterocycles. The van der Waals surface area contributed by atoms with E-state index in [1.165, 1.54) is 0 Å². The molecule has 1 saturated heterocycles. The van der Waals surface area contributed by atoms with Gasteiger partial charge in [0.25, 0.3) is 0 Å². The number of nitrogens with zero attached hydrogens (tertiary/aromatic N) is 5. The predicted octanol–water partition coefficient (Wildman–Crippen LogP) is 2.76. The number of piperazine rings is 1. The molecule has 0 saturated carbocycles. The lowest BCUT2D eigenvalue weighted by molar-refractivity contribution is 0.169. The molecule has 0 atom stereocenters. The van der Waals surface area contributed by atoms with Crippen LogP contribution >= 0.6 is 24.0 Å². The first-order valence-corrected chi connectivity index (χ1v) is 9.90. The van der Waals surface area contributed by atoms with Crippen molar-refractivity contribution in [3.63, 3.8) is 0 Å². The zero-order valence-electron chi connectivity index (χ0n) is 17.4. The Kier molecular flexibility index (Phi) is 9.65. The van der Waals surface area contributed by atoms with E-state index in [1.807, 2.05) is 38.2 Å². The van der Waals surface area contributed by atoms with Crippen molar-refractivity contribution in [1.82, 2.24) is 25.3 Å². The molecule has 0 radical (unpaired) electrons. The first-order valence-electron chi connectivity index (χ1n) is 9.90. The highest BCUT2D eigenvalue weighted by molar-refractivity contribution is 14.0. The van der Waals surface area contributed by atoms with E-state index in [0.717, 1.165) is 56.5 Å². The third kappa shape index (κ3) is 7.46. The average molecular weight is 514 g/mol. The van der Waals surface area contributed by atoms with Crippen molar-refractivity contribution in [2.75, 3.05) is 32.7 Å². The van der Waals surface area contributed by atoms with E-state index in [2.05, 4.69) is 32.2 Å². The van der Waals surface area contributed by atoms with Crippen LogP contribution in [0.3, 0.4) is 0 Å². The first-order chi connectivity index (χ1) is 13.6. The summed E-state index contributed by atoms with van der Waals surface area (Å²) in [6.07, 6.45) is 3.58. The number of rotatable bonds is 7. The molecule has 0 amide bonds. The van der Waals surface area contributed by atoms with Gasteiger partial charge in [0.2, 0.25) is 5.88 Å². The molecule has 9 heteroatoms. The zero-order valence-corrected chi connectivity index (χ0v) is 19.7. The van der Waals surface area contributed by atoms with Gasteiger partial charge in [0.1, 0.15) is 6.26 Å². The van der Waals surface area contributed by atoms with Gasteiger partial charge < -0.3 is 19.5 Å².